The normalized spacial score (nSPS) is 11.0. The molecule has 746 valence electrons. The monoisotopic (exact) mass is 1880 g/mol. The molecule has 0 atom stereocenters. The van der Waals surface area contributed by atoms with Crippen LogP contribution >= 0.6 is 0 Å². The van der Waals surface area contributed by atoms with E-state index in [-0.39, 0.29) is 130 Å². The number of benzene rings is 6. The molecular weight excluding hydrogens is 1710 g/mol. The van der Waals surface area contributed by atoms with Crippen LogP contribution in [0.1, 0.15) is 208 Å². The van der Waals surface area contributed by atoms with E-state index in [0.717, 1.165) is 149 Å². The van der Waals surface area contributed by atoms with Gasteiger partial charge >= 0.3 is 0 Å². The van der Waals surface area contributed by atoms with E-state index in [2.05, 4.69) is 26.1 Å². The molecule has 6 rings (SSSR count). The molecule has 0 spiro atoms. The zero-order valence-electron chi connectivity index (χ0n) is 82.3. The largest absolute Gasteiger partial charge is 0.368 e. The lowest BCUT2D eigenvalue weighted by Crippen LogP contribution is -2.54. The first-order valence-electron chi connectivity index (χ1n) is 50.5. The second-order valence-electron chi connectivity index (χ2n) is 35.8. The van der Waals surface area contributed by atoms with Crippen molar-refractivity contribution in [2.45, 2.75) is 213 Å². The molecule has 0 bridgehead atoms. The minimum atomic E-state index is -0.654. The van der Waals surface area contributed by atoms with Crippen LogP contribution in [0.15, 0.2) is 182 Å². The predicted octanol–water partition coefficient (Wildman–Crippen LogP) is 10.9. The number of unbranched alkanes of at least 4 members (excludes halogenated alkanes) is 21. The topological polar surface area (TPSA) is 357 Å². The quantitative estimate of drug-likeness (QED) is 0.0222. The summed E-state index contributed by atoms with van der Waals surface area (Å²) in [4.78, 5) is 195. The van der Waals surface area contributed by atoms with Gasteiger partial charge in [-0.15, -0.1) is 0 Å². The van der Waals surface area contributed by atoms with Gasteiger partial charge in [0.25, 0.3) is 0 Å². The van der Waals surface area contributed by atoms with E-state index >= 15 is 33.6 Å². The van der Waals surface area contributed by atoms with Crippen LogP contribution in [0.5, 0.6) is 0 Å². The lowest BCUT2D eigenvalue weighted by molar-refractivity contribution is -0.149. The number of carbonyl (C=O) groups is 12. The van der Waals surface area contributed by atoms with Crippen molar-refractivity contribution in [1.82, 2.24) is 59.2 Å². The number of primary amides is 1. The first-order valence-corrected chi connectivity index (χ1v) is 50.5. The molecule has 0 aliphatic heterocycles. The maximum atomic E-state index is 15.7. The van der Waals surface area contributed by atoms with Crippen molar-refractivity contribution in [3.63, 3.8) is 0 Å². The third kappa shape index (κ3) is 47.5. The summed E-state index contributed by atoms with van der Waals surface area (Å²) in [6, 6.07) is 56.7. The summed E-state index contributed by atoms with van der Waals surface area (Å²) in [5.41, 5.74) is 29.5. The molecule has 9 N–H and O–H groups in total. The minimum Gasteiger partial charge on any atom is -0.368 e. The molecule has 0 radical (unpaired) electrons. The smallest absolute Gasteiger partial charge is 0.242 e. The number of nitrogens with zero attached hydrogens (tertiary/aromatic N) is 11. The molecule has 28 heteroatoms. The molecule has 0 saturated carbocycles. The molecule has 6 aromatic rings. The molecule has 0 heterocycles. The molecule has 6 aromatic carbocycles. The number of nitrogens with two attached hydrogens (primary N) is 4. The molecule has 0 saturated heterocycles. The van der Waals surface area contributed by atoms with Crippen molar-refractivity contribution in [2.75, 3.05) is 177 Å². The average molecular weight is 1880 g/mol. The van der Waals surface area contributed by atoms with Gasteiger partial charge in [-0.3, -0.25) is 57.5 Å². The summed E-state index contributed by atoms with van der Waals surface area (Å²) in [6.45, 7) is 2.75. The van der Waals surface area contributed by atoms with E-state index in [9.17, 15) is 24.0 Å². The number of hydrogen-bond acceptors (Lipinski definition) is 16. The Labute approximate surface area is 811 Å². The van der Waals surface area contributed by atoms with Gasteiger partial charge in [-0.05, 0) is 91.2 Å². The molecular formula is C108H162N16O12. The fraction of sp³-hybridized carbons (Fsp3) is 0.556. The summed E-state index contributed by atoms with van der Waals surface area (Å²) < 4.78 is 0. The van der Waals surface area contributed by atoms with Crippen molar-refractivity contribution < 1.29 is 57.5 Å². The van der Waals surface area contributed by atoms with E-state index in [1.54, 1.807) is 0 Å². The van der Waals surface area contributed by atoms with Crippen LogP contribution in [0, 0.1) is 0 Å². The van der Waals surface area contributed by atoms with Gasteiger partial charge < -0.3 is 82.2 Å². The summed E-state index contributed by atoms with van der Waals surface area (Å²) in [5, 5.41) is 3.04. The number of rotatable bonds is 75. The van der Waals surface area contributed by atoms with E-state index < -0.39 is 111 Å². The standard InChI is InChI=1S/C108H162N16O12/c1-4-7-10-13-16-19-22-43-68-114(80-97(112)125)99(127)81-115(69-44-23-20-17-14-11-8-5-2)100(128)82-116(70-45-24-21-18-15-12-9-6-3)101(129)84-118(72-59-92-48-33-26-34-49-92)103(131)85-119(73-60-93-50-35-27-36-51-93)105(133)90-124(78-66-111)108(136)88-122(76-63-96-56-41-30-42-57-96)104(132)86-120(74-61-94-52-37-28-38-53-94)106(134)89-123(77-65-110)107(135)87-121(75-62-95-54-39-29-40-55-95)102(130)83-117(98(126)79-113-67-64-109)71-58-91-46-31-25-32-47-91/h25-42,46-57,113H,4-24,43-45,58-90,109-111H2,1-3H3,(H2,112,125). The number of hydrogen-bond donors (Lipinski definition) is 5. The van der Waals surface area contributed by atoms with Gasteiger partial charge in [-0.1, -0.05) is 338 Å². The molecule has 136 heavy (non-hydrogen) atoms. The van der Waals surface area contributed by atoms with E-state index in [4.69, 9.17) is 22.9 Å². The fourth-order valence-corrected chi connectivity index (χ4v) is 16.5. The second kappa shape index (κ2) is 69.6. The van der Waals surface area contributed by atoms with Gasteiger partial charge in [-0.25, -0.2) is 0 Å². The van der Waals surface area contributed by atoms with Crippen molar-refractivity contribution >= 4 is 70.9 Å². The molecule has 0 aliphatic rings. The first-order chi connectivity index (χ1) is 66.1. The Morgan fingerprint density at radius 1 is 0.206 bits per heavy atom. The lowest BCUT2D eigenvalue weighted by Gasteiger charge is -2.33. The third-order valence-electron chi connectivity index (χ3n) is 24.8. The summed E-state index contributed by atoms with van der Waals surface area (Å²) in [6.07, 6.45) is 26.0. The zero-order chi connectivity index (χ0) is 98.0. The van der Waals surface area contributed by atoms with Crippen molar-refractivity contribution in [2.24, 2.45) is 22.9 Å². The Hall–Kier alpha value is -11.2. The maximum Gasteiger partial charge on any atom is 0.242 e. The Morgan fingerprint density at radius 2 is 0.375 bits per heavy atom. The van der Waals surface area contributed by atoms with Crippen LogP contribution in [-0.2, 0) is 96.1 Å². The Kier molecular flexibility index (Phi) is 58.1. The summed E-state index contributed by atoms with van der Waals surface area (Å²) >= 11 is 0. The Morgan fingerprint density at radius 3 is 0.559 bits per heavy atom. The SMILES string of the molecule is CCCCCCCCCCN(CC(N)=O)C(=O)CN(CCCCCCCCCC)C(=O)CN(CCCCCCCCCC)C(=O)CN(CCc1ccccc1)C(=O)CN(CCc1ccccc1)C(=O)CN(CCN)C(=O)CN(CCc1ccccc1)C(=O)CN(CCc1ccccc1)C(=O)CN(CCN)C(=O)CN(CCc1ccccc1)C(=O)CN(CCc1ccccc1)C(=O)CNCCN. The van der Waals surface area contributed by atoms with Crippen LogP contribution in [0.3, 0.4) is 0 Å². The van der Waals surface area contributed by atoms with Crippen LogP contribution in [0.4, 0.5) is 0 Å². The fourth-order valence-electron chi connectivity index (χ4n) is 16.5. The first kappa shape index (κ1) is 114. The number of carbonyl (C=O) groups excluding carboxylic acids is 12. The van der Waals surface area contributed by atoms with Crippen LogP contribution in [0.25, 0.3) is 0 Å². The molecule has 0 aromatic heterocycles. The predicted molar refractivity (Wildman–Crippen MR) is 540 cm³/mol. The Bertz CT molecular complexity index is 4370. The van der Waals surface area contributed by atoms with E-state index in [1.165, 1.54) is 73.2 Å². The lowest BCUT2D eigenvalue weighted by atomic mass is 10.1. The van der Waals surface area contributed by atoms with E-state index in [1.807, 2.05) is 182 Å². The highest BCUT2D eigenvalue weighted by Crippen LogP contribution is 2.19. The molecule has 0 fully saturated rings. The molecule has 28 nitrogen and oxygen atoms in total. The molecule has 0 unspecified atom stereocenters. The highest BCUT2D eigenvalue weighted by atomic mass is 16.2. The van der Waals surface area contributed by atoms with Crippen LogP contribution in [0.2, 0.25) is 0 Å². The molecule has 0 aliphatic carbocycles. The second-order valence-corrected chi connectivity index (χ2v) is 35.8. The molecule has 12 amide bonds. The highest BCUT2D eigenvalue weighted by Gasteiger charge is 2.34. The Balaban J connectivity index is 1.30. The van der Waals surface area contributed by atoms with Crippen LogP contribution < -0.4 is 28.3 Å². The van der Waals surface area contributed by atoms with Crippen molar-refractivity contribution in [3.8, 4) is 0 Å². The minimum absolute atomic E-state index is 0.000509. The van der Waals surface area contributed by atoms with Gasteiger partial charge in [0, 0.05) is 98.2 Å². The van der Waals surface area contributed by atoms with Gasteiger partial charge in [0.2, 0.25) is 70.9 Å². The summed E-state index contributed by atoms with van der Waals surface area (Å²) in [5.74, 6) is -6.50. The van der Waals surface area contributed by atoms with Crippen molar-refractivity contribution in [3.05, 3.63) is 215 Å². The van der Waals surface area contributed by atoms with Crippen LogP contribution in [-0.4, -0.2) is 301 Å². The third-order valence-corrected chi connectivity index (χ3v) is 24.8. The van der Waals surface area contributed by atoms with Gasteiger partial charge in [0.15, 0.2) is 0 Å². The number of amides is 12. The zero-order valence-corrected chi connectivity index (χ0v) is 82.3. The van der Waals surface area contributed by atoms with Crippen molar-refractivity contribution in [1.29, 1.82) is 0 Å². The van der Waals surface area contributed by atoms with Gasteiger partial charge in [0.1, 0.15) is 0 Å². The van der Waals surface area contributed by atoms with E-state index in [0.29, 0.717) is 64.6 Å². The maximum absolute atomic E-state index is 15.7. The summed E-state index contributed by atoms with van der Waals surface area (Å²) in [7, 11) is 0. The van der Waals surface area contributed by atoms with Gasteiger partial charge in [0.05, 0.1) is 78.5 Å². The number of nitrogens with one attached hydrogen (secondary N) is 1. The average Bonchev–Trinajstić information content (AvgIpc) is 0.846. The highest BCUT2D eigenvalue weighted by molar-refractivity contribution is 5.95. The van der Waals surface area contributed by atoms with Gasteiger partial charge in [-0.2, -0.15) is 0 Å².